The van der Waals surface area contributed by atoms with Crippen molar-refractivity contribution in [3.8, 4) is 0 Å². The van der Waals surface area contributed by atoms with Crippen LogP contribution in [0.25, 0.3) is 0 Å². The number of rotatable bonds is 4. The molecule has 0 bridgehead atoms. The fraction of sp³-hybridized carbons (Fsp3) is 0.208. The van der Waals surface area contributed by atoms with Gasteiger partial charge in [0.2, 0.25) is 0 Å². The standard InChI is InChI=1S/C24H23N3O2/c1-17(18-8-3-2-4-9-18)25-23(28)21-12-7-13-22(26-21)24(29)27-15-14-19-10-5-6-11-20(19)16-27/h2-13,17H,14-16H2,1H3,(H,25,28). The molecule has 0 saturated carbocycles. The van der Waals surface area contributed by atoms with E-state index in [2.05, 4.69) is 22.4 Å². The van der Waals surface area contributed by atoms with Crippen molar-refractivity contribution in [2.75, 3.05) is 6.54 Å². The van der Waals surface area contributed by atoms with E-state index in [1.54, 1.807) is 23.1 Å². The third-order valence-corrected chi connectivity index (χ3v) is 5.27. The van der Waals surface area contributed by atoms with Gasteiger partial charge in [-0.25, -0.2) is 4.98 Å². The van der Waals surface area contributed by atoms with Crippen molar-refractivity contribution < 1.29 is 9.59 Å². The monoisotopic (exact) mass is 385 g/mol. The maximum Gasteiger partial charge on any atom is 0.272 e. The van der Waals surface area contributed by atoms with Gasteiger partial charge in [0.05, 0.1) is 6.04 Å². The molecule has 4 rings (SSSR count). The van der Waals surface area contributed by atoms with Crippen molar-refractivity contribution in [2.24, 2.45) is 0 Å². The van der Waals surface area contributed by atoms with Gasteiger partial charge in [0, 0.05) is 13.1 Å². The van der Waals surface area contributed by atoms with Gasteiger partial charge in [0.15, 0.2) is 0 Å². The summed E-state index contributed by atoms with van der Waals surface area (Å²) in [5.41, 5.74) is 4.01. The molecule has 5 heteroatoms. The number of amides is 2. The van der Waals surface area contributed by atoms with Crippen molar-refractivity contribution in [1.29, 1.82) is 0 Å². The normalized spacial score (nSPS) is 14.0. The van der Waals surface area contributed by atoms with E-state index in [0.29, 0.717) is 18.8 Å². The van der Waals surface area contributed by atoms with Crippen LogP contribution >= 0.6 is 0 Å². The molecule has 1 unspecified atom stereocenters. The van der Waals surface area contributed by atoms with Crippen LogP contribution in [0.4, 0.5) is 0 Å². The van der Waals surface area contributed by atoms with E-state index in [1.165, 1.54) is 5.56 Å². The van der Waals surface area contributed by atoms with E-state index >= 15 is 0 Å². The van der Waals surface area contributed by atoms with Gasteiger partial charge in [-0.15, -0.1) is 0 Å². The van der Waals surface area contributed by atoms with Crippen LogP contribution in [0, 0.1) is 0 Å². The highest BCUT2D eigenvalue weighted by Crippen LogP contribution is 2.20. The van der Waals surface area contributed by atoms with Gasteiger partial charge in [-0.3, -0.25) is 9.59 Å². The highest BCUT2D eigenvalue weighted by molar-refractivity contribution is 5.96. The molecule has 5 nitrogen and oxygen atoms in total. The molecule has 0 spiro atoms. The number of hydrogen-bond acceptors (Lipinski definition) is 3. The fourth-order valence-corrected chi connectivity index (χ4v) is 3.61. The second kappa shape index (κ2) is 8.27. The average Bonchev–Trinajstić information content (AvgIpc) is 2.79. The van der Waals surface area contributed by atoms with E-state index in [9.17, 15) is 9.59 Å². The summed E-state index contributed by atoms with van der Waals surface area (Å²) in [6.07, 6.45) is 0.830. The Balaban J connectivity index is 1.47. The summed E-state index contributed by atoms with van der Waals surface area (Å²) in [5, 5.41) is 2.94. The highest BCUT2D eigenvalue weighted by Gasteiger charge is 2.23. The van der Waals surface area contributed by atoms with E-state index in [-0.39, 0.29) is 23.6 Å². The molecule has 0 radical (unpaired) electrons. The van der Waals surface area contributed by atoms with Gasteiger partial charge in [0.25, 0.3) is 11.8 Å². The van der Waals surface area contributed by atoms with E-state index in [0.717, 1.165) is 17.5 Å². The quantitative estimate of drug-likeness (QED) is 0.744. The number of nitrogens with zero attached hydrogens (tertiary/aromatic N) is 2. The zero-order valence-corrected chi connectivity index (χ0v) is 16.3. The van der Waals surface area contributed by atoms with Crippen LogP contribution in [0.2, 0.25) is 0 Å². The molecule has 29 heavy (non-hydrogen) atoms. The average molecular weight is 385 g/mol. The second-order valence-electron chi connectivity index (χ2n) is 7.26. The summed E-state index contributed by atoms with van der Waals surface area (Å²) in [5.74, 6) is -0.440. The molecular weight excluding hydrogens is 362 g/mol. The maximum absolute atomic E-state index is 13.0. The van der Waals surface area contributed by atoms with Crippen LogP contribution in [0.5, 0.6) is 0 Å². The fourth-order valence-electron chi connectivity index (χ4n) is 3.61. The SMILES string of the molecule is CC(NC(=O)c1cccc(C(=O)N2CCc3ccccc3C2)n1)c1ccccc1. The van der Waals surface area contributed by atoms with E-state index < -0.39 is 0 Å². The molecular formula is C24H23N3O2. The Kier molecular flexibility index (Phi) is 5.38. The van der Waals surface area contributed by atoms with Crippen LogP contribution in [0.3, 0.4) is 0 Å². The van der Waals surface area contributed by atoms with Gasteiger partial charge in [0.1, 0.15) is 11.4 Å². The van der Waals surface area contributed by atoms with Crippen molar-refractivity contribution in [3.05, 3.63) is 101 Å². The Morgan fingerprint density at radius 1 is 0.897 bits per heavy atom. The minimum absolute atomic E-state index is 0.148. The lowest BCUT2D eigenvalue weighted by Crippen LogP contribution is -2.36. The minimum Gasteiger partial charge on any atom is -0.344 e. The first-order valence-electron chi connectivity index (χ1n) is 9.81. The first-order valence-corrected chi connectivity index (χ1v) is 9.81. The third-order valence-electron chi connectivity index (χ3n) is 5.27. The molecule has 0 aliphatic carbocycles. The smallest absolute Gasteiger partial charge is 0.272 e. The van der Waals surface area contributed by atoms with Crippen LogP contribution in [0.15, 0.2) is 72.8 Å². The molecule has 0 saturated heterocycles. The van der Waals surface area contributed by atoms with Crippen molar-refractivity contribution >= 4 is 11.8 Å². The lowest BCUT2D eigenvalue weighted by Gasteiger charge is -2.28. The third kappa shape index (κ3) is 4.19. The molecule has 1 aliphatic rings. The van der Waals surface area contributed by atoms with Crippen LogP contribution in [0.1, 0.15) is 50.6 Å². The lowest BCUT2D eigenvalue weighted by atomic mass is 10.00. The van der Waals surface area contributed by atoms with Gasteiger partial charge >= 0.3 is 0 Å². The molecule has 1 aromatic heterocycles. The Morgan fingerprint density at radius 2 is 1.59 bits per heavy atom. The topological polar surface area (TPSA) is 62.3 Å². The van der Waals surface area contributed by atoms with Crippen molar-refractivity contribution in [2.45, 2.75) is 25.9 Å². The molecule has 3 aromatic rings. The van der Waals surface area contributed by atoms with Crippen molar-refractivity contribution in [1.82, 2.24) is 15.2 Å². The summed E-state index contributed by atoms with van der Waals surface area (Å²) >= 11 is 0. The molecule has 1 aliphatic heterocycles. The number of aromatic nitrogens is 1. The molecule has 1 N–H and O–H groups in total. The number of benzene rings is 2. The molecule has 1 atom stereocenters. The Labute approximate surface area is 170 Å². The summed E-state index contributed by atoms with van der Waals surface area (Å²) < 4.78 is 0. The molecule has 0 fully saturated rings. The zero-order chi connectivity index (χ0) is 20.2. The maximum atomic E-state index is 13.0. The predicted molar refractivity (Wildman–Crippen MR) is 111 cm³/mol. The van der Waals surface area contributed by atoms with Gasteiger partial charge in [-0.05, 0) is 42.2 Å². The number of hydrogen-bond donors (Lipinski definition) is 1. The van der Waals surface area contributed by atoms with Crippen LogP contribution in [-0.2, 0) is 13.0 Å². The van der Waals surface area contributed by atoms with Gasteiger partial charge in [-0.2, -0.15) is 0 Å². The van der Waals surface area contributed by atoms with E-state index in [4.69, 9.17) is 0 Å². The first kappa shape index (κ1) is 18.9. The zero-order valence-electron chi connectivity index (χ0n) is 16.3. The number of pyridine rings is 1. The Morgan fingerprint density at radius 3 is 2.38 bits per heavy atom. The van der Waals surface area contributed by atoms with Crippen molar-refractivity contribution in [3.63, 3.8) is 0 Å². The second-order valence-corrected chi connectivity index (χ2v) is 7.26. The Hall–Kier alpha value is -3.47. The first-order chi connectivity index (χ1) is 14.1. The largest absolute Gasteiger partial charge is 0.344 e. The molecule has 146 valence electrons. The molecule has 2 heterocycles. The molecule has 2 amide bonds. The van der Waals surface area contributed by atoms with E-state index in [1.807, 2.05) is 49.4 Å². The van der Waals surface area contributed by atoms with Gasteiger partial charge < -0.3 is 10.2 Å². The van der Waals surface area contributed by atoms with Crippen LogP contribution < -0.4 is 5.32 Å². The summed E-state index contributed by atoms with van der Waals surface area (Å²) in [7, 11) is 0. The number of carbonyl (C=O) groups is 2. The van der Waals surface area contributed by atoms with Gasteiger partial charge in [-0.1, -0.05) is 60.7 Å². The summed E-state index contributed by atoms with van der Waals surface area (Å²) in [6.45, 7) is 3.14. The highest BCUT2D eigenvalue weighted by atomic mass is 16.2. The molecule has 2 aromatic carbocycles. The number of carbonyl (C=O) groups excluding carboxylic acids is 2. The predicted octanol–water partition coefficient (Wildman–Crippen LogP) is 3.77. The summed E-state index contributed by atoms with van der Waals surface area (Å²) in [4.78, 5) is 31.7. The Bertz CT molecular complexity index is 1030. The lowest BCUT2D eigenvalue weighted by molar-refractivity contribution is 0.0728. The minimum atomic E-state index is -0.292. The van der Waals surface area contributed by atoms with Crippen LogP contribution in [-0.4, -0.2) is 28.2 Å². The summed E-state index contributed by atoms with van der Waals surface area (Å²) in [6, 6.07) is 22.8. The number of fused-ring (bicyclic) bond motifs is 1. The number of nitrogens with one attached hydrogen (secondary N) is 1.